The van der Waals surface area contributed by atoms with E-state index in [-0.39, 0.29) is 0 Å². The van der Waals surface area contributed by atoms with Crippen LogP contribution in [-0.4, -0.2) is 33.4 Å². The van der Waals surface area contributed by atoms with Crippen LogP contribution in [0.3, 0.4) is 0 Å². The van der Waals surface area contributed by atoms with E-state index in [2.05, 4.69) is 20.0 Å². The molecule has 3 rings (SSSR count). The van der Waals surface area contributed by atoms with Crippen molar-refractivity contribution in [3.63, 3.8) is 0 Å². The van der Waals surface area contributed by atoms with Gasteiger partial charge in [-0.05, 0) is 12.8 Å². The largest absolute Gasteiger partial charge is 0.480 e. The Labute approximate surface area is 112 Å². The molecule has 1 aliphatic heterocycles. The Morgan fingerprint density at radius 2 is 2.21 bits per heavy atom. The lowest BCUT2D eigenvalue weighted by Crippen LogP contribution is -2.24. The van der Waals surface area contributed by atoms with E-state index in [1.54, 1.807) is 25.7 Å². The van der Waals surface area contributed by atoms with Crippen LogP contribution in [0.4, 0.5) is 5.82 Å². The molecule has 0 saturated heterocycles. The highest BCUT2D eigenvalue weighted by Gasteiger charge is 2.23. The molecule has 2 aromatic rings. The molecule has 0 amide bonds. The third-order valence-electron chi connectivity index (χ3n) is 3.50. The summed E-state index contributed by atoms with van der Waals surface area (Å²) in [5.41, 5.74) is 2.41. The lowest BCUT2D eigenvalue weighted by molar-refractivity contribution is 0.387. The summed E-state index contributed by atoms with van der Waals surface area (Å²) in [5.74, 6) is 1.66. The van der Waals surface area contributed by atoms with Crippen LogP contribution in [0.25, 0.3) is 0 Å². The second kappa shape index (κ2) is 4.87. The van der Waals surface area contributed by atoms with E-state index in [0.29, 0.717) is 0 Å². The fourth-order valence-corrected chi connectivity index (χ4v) is 2.55. The number of hydrogen-bond acceptors (Lipinski definition) is 5. The van der Waals surface area contributed by atoms with Crippen molar-refractivity contribution in [3.8, 4) is 5.88 Å². The van der Waals surface area contributed by atoms with Crippen LogP contribution in [0.2, 0.25) is 0 Å². The van der Waals surface area contributed by atoms with Gasteiger partial charge in [0.1, 0.15) is 5.82 Å². The topological polar surface area (TPSA) is 56.1 Å². The smallest absolute Gasteiger partial charge is 0.236 e. The summed E-state index contributed by atoms with van der Waals surface area (Å²) in [5, 5.41) is 4.41. The number of methoxy groups -OCH3 is 1. The van der Waals surface area contributed by atoms with E-state index in [1.165, 1.54) is 11.3 Å². The second-order valence-corrected chi connectivity index (χ2v) is 4.65. The molecule has 0 aliphatic carbocycles. The molecular formula is C13H17N5O. The van der Waals surface area contributed by atoms with Gasteiger partial charge >= 0.3 is 0 Å². The summed E-state index contributed by atoms with van der Waals surface area (Å²) in [6.45, 7) is 1.76. The third-order valence-corrected chi connectivity index (χ3v) is 3.50. The fourth-order valence-electron chi connectivity index (χ4n) is 2.55. The maximum Gasteiger partial charge on any atom is 0.236 e. The molecule has 0 saturated carbocycles. The lowest BCUT2D eigenvalue weighted by Gasteiger charge is -2.21. The highest BCUT2D eigenvalue weighted by atomic mass is 16.5. The third kappa shape index (κ3) is 2.14. The van der Waals surface area contributed by atoms with E-state index in [1.807, 2.05) is 11.7 Å². The maximum absolute atomic E-state index is 5.35. The average molecular weight is 259 g/mol. The Bertz CT molecular complexity index is 566. The number of fused-ring (bicyclic) bond motifs is 1. The van der Waals surface area contributed by atoms with E-state index in [0.717, 1.165) is 37.6 Å². The Hall–Kier alpha value is -2.11. The van der Waals surface area contributed by atoms with Crippen molar-refractivity contribution in [3.05, 3.63) is 29.8 Å². The Kier molecular flexibility index (Phi) is 3.06. The van der Waals surface area contributed by atoms with Crippen LogP contribution in [0.1, 0.15) is 17.7 Å². The van der Waals surface area contributed by atoms with Crippen LogP contribution in [-0.2, 0) is 20.0 Å². The van der Waals surface area contributed by atoms with Crippen LogP contribution in [0, 0.1) is 0 Å². The van der Waals surface area contributed by atoms with E-state index in [4.69, 9.17) is 4.74 Å². The van der Waals surface area contributed by atoms with Crippen molar-refractivity contribution in [1.29, 1.82) is 0 Å². The van der Waals surface area contributed by atoms with E-state index in [9.17, 15) is 0 Å². The number of nitrogens with zero attached hydrogens (tertiary/aromatic N) is 5. The van der Waals surface area contributed by atoms with Crippen molar-refractivity contribution in [2.45, 2.75) is 19.4 Å². The van der Waals surface area contributed by atoms with Gasteiger partial charge in [-0.2, -0.15) is 0 Å². The molecule has 2 aromatic heterocycles. The van der Waals surface area contributed by atoms with Gasteiger partial charge in [0, 0.05) is 31.5 Å². The maximum atomic E-state index is 5.35. The zero-order valence-electron chi connectivity index (χ0n) is 11.2. The molecule has 0 aromatic carbocycles. The molecule has 0 N–H and O–H groups in total. The van der Waals surface area contributed by atoms with Crippen molar-refractivity contribution in [1.82, 2.24) is 19.7 Å². The van der Waals surface area contributed by atoms with Crippen LogP contribution in [0.5, 0.6) is 5.88 Å². The zero-order chi connectivity index (χ0) is 13.2. The molecule has 0 fully saturated rings. The van der Waals surface area contributed by atoms with Gasteiger partial charge in [0.25, 0.3) is 0 Å². The molecular weight excluding hydrogens is 242 g/mol. The van der Waals surface area contributed by atoms with Crippen molar-refractivity contribution in [2.24, 2.45) is 7.05 Å². The van der Waals surface area contributed by atoms with Gasteiger partial charge in [-0.3, -0.25) is 9.67 Å². The summed E-state index contributed by atoms with van der Waals surface area (Å²) in [7, 11) is 3.63. The first-order valence-electron chi connectivity index (χ1n) is 6.39. The van der Waals surface area contributed by atoms with Gasteiger partial charge in [0.15, 0.2) is 0 Å². The summed E-state index contributed by atoms with van der Waals surface area (Å²) < 4.78 is 7.26. The quantitative estimate of drug-likeness (QED) is 0.810. The van der Waals surface area contributed by atoms with Gasteiger partial charge in [0.2, 0.25) is 5.88 Å². The Balaban J connectivity index is 1.95. The molecule has 19 heavy (non-hydrogen) atoms. The normalized spacial score (nSPS) is 14.9. The lowest BCUT2D eigenvalue weighted by atomic mass is 10.1. The zero-order valence-corrected chi connectivity index (χ0v) is 11.2. The molecule has 0 radical (unpaired) electrons. The minimum atomic E-state index is 0.749. The highest BCUT2D eigenvalue weighted by molar-refractivity contribution is 5.41. The number of aryl methyl sites for hydroxylation is 1. The molecule has 0 spiro atoms. The predicted octanol–water partition coefficient (Wildman–Crippen LogP) is 1.17. The van der Waals surface area contributed by atoms with Crippen molar-refractivity contribution >= 4 is 5.82 Å². The van der Waals surface area contributed by atoms with Crippen LogP contribution >= 0.6 is 0 Å². The Morgan fingerprint density at radius 1 is 1.32 bits per heavy atom. The molecule has 1 aliphatic rings. The average Bonchev–Trinajstić information content (AvgIpc) is 2.65. The van der Waals surface area contributed by atoms with Gasteiger partial charge < -0.3 is 9.64 Å². The number of rotatable bonds is 2. The molecule has 3 heterocycles. The van der Waals surface area contributed by atoms with Gasteiger partial charge in [-0.25, -0.2) is 4.98 Å². The molecule has 100 valence electrons. The first-order chi connectivity index (χ1) is 9.29. The van der Waals surface area contributed by atoms with E-state index < -0.39 is 0 Å². The first-order valence-corrected chi connectivity index (χ1v) is 6.39. The van der Waals surface area contributed by atoms with Crippen LogP contribution < -0.4 is 9.64 Å². The van der Waals surface area contributed by atoms with Gasteiger partial charge in [-0.1, -0.05) is 0 Å². The second-order valence-electron chi connectivity index (χ2n) is 4.65. The summed E-state index contributed by atoms with van der Waals surface area (Å²) in [6.07, 6.45) is 7.28. The highest BCUT2D eigenvalue weighted by Crippen LogP contribution is 2.27. The summed E-state index contributed by atoms with van der Waals surface area (Å²) in [4.78, 5) is 10.8. The molecule has 0 atom stereocenters. The minimum Gasteiger partial charge on any atom is -0.480 e. The first kappa shape index (κ1) is 12.0. The number of hydrogen-bond donors (Lipinski definition) is 0. The number of anilines is 1. The van der Waals surface area contributed by atoms with Crippen molar-refractivity contribution in [2.75, 3.05) is 18.6 Å². The minimum absolute atomic E-state index is 0.749. The van der Waals surface area contributed by atoms with Crippen molar-refractivity contribution < 1.29 is 4.74 Å². The van der Waals surface area contributed by atoms with Crippen LogP contribution in [0.15, 0.2) is 18.6 Å². The molecule has 6 nitrogen and oxygen atoms in total. The monoisotopic (exact) mass is 259 g/mol. The SMILES string of the molecule is COc1nn(C)c2c1CCCN(c1cnccn1)C2. The molecule has 0 unspecified atom stereocenters. The summed E-state index contributed by atoms with van der Waals surface area (Å²) in [6, 6.07) is 0. The predicted molar refractivity (Wildman–Crippen MR) is 71.2 cm³/mol. The Morgan fingerprint density at radius 3 is 2.95 bits per heavy atom. The molecule has 0 bridgehead atoms. The molecule has 6 heteroatoms. The summed E-state index contributed by atoms with van der Waals surface area (Å²) >= 11 is 0. The van der Waals surface area contributed by atoms with Gasteiger partial charge in [-0.15, -0.1) is 5.10 Å². The fraction of sp³-hybridized carbons (Fsp3) is 0.462. The van der Waals surface area contributed by atoms with E-state index >= 15 is 0 Å². The number of ether oxygens (including phenoxy) is 1. The number of aromatic nitrogens is 4. The van der Waals surface area contributed by atoms with Gasteiger partial charge in [0.05, 0.1) is 25.5 Å². The standard InChI is InChI=1S/C13H17N5O/c1-17-11-9-18(12-8-14-5-6-15-12)7-3-4-10(11)13(16-17)19-2/h5-6,8H,3-4,7,9H2,1-2H3.